The Labute approximate surface area is 297 Å². The first-order valence-corrected chi connectivity index (χ1v) is 17.3. The topological polar surface area (TPSA) is 173 Å². The number of fused-ring (bicyclic) bond motifs is 4. The van der Waals surface area contributed by atoms with Crippen LogP contribution in [0, 0.1) is 5.92 Å². The maximum atomic E-state index is 13.7. The van der Waals surface area contributed by atoms with Gasteiger partial charge in [0.05, 0.1) is 24.4 Å². The summed E-state index contributed by atoms with van der Waals surface area (Å²) in [5.74, 6) is -0.945. The fraction of sp³-hybridized carbons (Fsp3) is 0.405. The number of ether oxygens (including phenoxy) is 1. The summed E-state index contributed by atoms with van der Waals surface area (Å²) in [4.78, 5) is 64.1. The Kier molecular flexibility index (Phi) is 13.2. The highest BCUT2D eigenvalue weighted by Gasteiger charge is 2.29. The van der Waals surface area contributed by atoms with Gasteiger partial charge in [-0.05, 0) is 35.6 Å². The Bertz CT molecular complexity index is 1750. The van der Waals surface area contributed by atoms with Crippen LogP contribution in [0.25, 0.3) is 0 Å². The van der Waals surface area contributed by atoms with Crippen LogP contribution in [0.1, 0.15) is 42.8 Å². The molecule has 4 bridgehead atoms. The SMILES string of the molecule is CC(C)[C@H]1NC(=O)Cc2cccc(c2)OCCn2cc(nn2)CCN(C(=O)CCc2cnccn2)CCNC(=O)[C@H](Cc2ccccc2)NC1=O. The normalized spacial score (nSPS) is 18.3. The maximum Gasteiger partial charge on any atom is 0.243 e. The number of rotatable bonds is 6. The van der Waals surface area contributed by atoms with Gasteiger partial charge in [0.1, 0.15) is 24.4 Å². The first-order chi connectivity index (χ1) is 24.7. The predicted octanol–water partition coefficient (Wildman–Crippen LogP) is 1.69. The highest BCUT2D eigenvalue weighted by molar-refractivity contribution is 5.92. The number of nitrogens with zero attached hydrogens (tertiary/aromatic N) is 6. The van der Waals surface area contributed by atoms with Gasteiger partial charge in [0.25, 0.3) is 0 Å². The fourth-order valence-corrected chi connectivity index (χ4v) is 5.73. The smallest absolute Gasteiger partial charge is 0.243 e. The van der Waals surface area contributed by atoms with E-state index in [9.17, 15) is 19.2 Å². The number of hydrogen-bond donors (Lipinski definition) is 3. The minimum absolute atomic E-state index is 0.0437. The minimum Gasteiger partial charge on any atom is -0.492 e. The van der Waals surface area contributed by atoms with Gasteiger partial charge in [0, 0.05) is 63.7 Å². The summed E-state index contributed by atoms with van der Waals surface area (Å²) in [7, 11) is 0. The summed E-state index contributed by atoms with van der Waals surface area (Å²) in [5.41, 5.74) is 3.01. The van der Waals surface area contributed by atoms with Crippen molar-refractivity contribution in [3.63, 3.8) is 0 Å². The molecular weight excluding hydrogens is 650 g/mol. The number of benzene rings is 2. The standard InChI is InChI=1S/C37H45N9O5/c1-26(2)35-37(50)41-32(22-27-7-4-3-5-8-27)36(49)40-16-18-45(34(48)12-11-29-24-38-14-15-39-29)17-13-30-25-46(44-43-30)19-20-51-31-10-6-9-28(21-31)23-33(47)42-35/h3-10,14-15,21,24-26,32,35H,11-13,16-20,22-23H2,1-2H3,(H,40,49)(H,41,50)(H,42,47)/t32-,35+/m0/s1. The molecule has 0 saturated heterocycles. The summed E-state index contributed by atoms with van der Waals surface area (Å²) >= 11 is 0. The Morgan fingerprint density at radius 1 is 0.980 bits per heavy atom. The molecule has 2 aromatic carbocycles. The number of amides is 4. The second kappa shape index (κ2) is 18.4. The van der Waals surface area contributed by atoms with Crippen molar-refractivity contribution in [3.05, 3.63) is 102 Å². The molecule has 268 valence electrons. The van der Waals surface area contributed by atoms with Gasteiger partial charge in [-0.2, -0.15) is 0 Å². The summed E-state index contributed by atoms with van der Waals surface area (Å²) < 4.78 is 7.63. The highest BCUT2D eigenvalue weighted by Crippen LogP contribution is 2.15. The van der Waals surface area contributed by atoms with Crippen molar-refractivity contribution in [2.24, 2.45) is 5.92 Å². The molecule has 14 nitrogen and oxygen atoms in total. The summed E-state index contributed by atoms with van der Waals surface area (Å²) in [6, 6.07) is 14.8. The molecule has 4 amide bonds. The molecule has 0 fully saturated rings. The molecule has 2 aromatic heterocycles. The van der Waals surface area contributed by atoms with Crippen molar-refractivity contribution >= 4 is 23.6 Å². The average molecular weight is 696 g/mol. The van der Waals surface area contributed by atoms with E-state index in [4.69, 9.17) is 4.74 Å². The van der Waals surface area contributed by atoms with E-state index in [0.717, 1.165) is 11.1 Å². The van der Waals surface area contributed by atoms with Crippen molar-refractivity contribution < 1.29 is 23.9 Å². The zero-order valence-electron chi connectivity index (χ0n) is 29.0. The number of nitrogens with one attached hydrogen (secondary N) is 3. The number of carbonyl (C=O) groups excluding carboxylic acids is 4. The second-order valence-electron chi connectivity index (χ2n) is 12.8. The van der Waals surface area contributed by atoms with Gasteiger partial charge in [-0.15, -0.1) is 5.10 Å². The Morgan fingerprint density at radius 3 is 2.61 bits per heavy atom. The van der Waals surface area contributed by atoms with Gasteiger partial charge < -0.3 is 25.6 Å². The quantitative estimate of drug-likeness (QED) is 0.271. The lowest BCUT2D eigenvalue weighted by Gasteiger charge is -2.26. The van der Waals surface area contributed by atoms with Crippen LogP contribution in [0.15, 0.2) is 79.4 Å². The minimum atomic E-state index is -0.927. The van der Waals surface area contributed by atoms with Crippen molar-refractivity contribution in [1.29, 1.82) is 0 Å². The van der Waals surface area contributed by atoms with Crippen LogP contribution in [0.2, 0.25) is 0 Å². The first kappa shape index (κ1) is 36.6. The second-order valence-corrected chi connectivity index (χ2v) is 12.8. The third-order valence-corrected chi connectivity index (χ3v) is 8.50. The van der Waals surface area contributed by atoms with Crippen LogP contribution < -0.4 is 20.7 Å². The molecular formula is C37H45N9O5. The number of carbonyl (C=O) groups is 4. The van der Waals surface area contributed by atoms with Crippen molar-refractivity contribution in [2.75, 3.05) is 26.2 Å². The van der Waals surface area contributed by atoms with E-state index in [0.29, 0.717) is 49.7 Å². The molecule has 0 radical (unpaired) electrons. The lowest BCUT2D eigenvalue weighted by molar-refractivity contribution is -0.133. The van der Waals surface area contributed by atoms with Crippen molar-refractivity contribution in [2.45, 2.75) is 64.6 Å². The van der Waals surface area contributed by atoms with E-state index >= 15 is 0 Å². The third kappa shape index (κ3) is 11.4. The van der Waals surface area contributed by atoms with Crippen LogP contribution in [-0.4, -0.2) is 91.8 Å². The Morgan fingerprint density at radius 2 is 1.82 bits per heavy atom. The van der Waals surface area contributed by atoms with Gasteiger partial charge >= 0.3 is 0 Å². The average Bonchev–Trinajstić information content (AvgIpc) is 3.58. The molecule has 14 heteroatoms. The van der Waals surface area contributed by atoms with Gasteiger partial charge in [0.2, 0.25) is 23.6 Å². The van der Waals surface area contributed by atoms with Crippen LogP contribution in [0.3, 0.4) is 0 Å². The van der Waals surface area contributed by atoms with E-state index < -0.39 is 23.9 Å². The van der Waals surface area contributed by atoms with Gasteiger partial charge in [-0.25, -0.2) is 4.68 Å². The van der Waals surface area contributed by atoms with E-state index in [1.54, 1.807) is 34.2 Å². The monoisotopic (exact) mass is 695 g/mol. The van der Waals surface area contributed by atoms with Crippen LogP contribution in [-0.2, 0) is 51.4 Å². The van der Waals surface area contributed by atoms with E-state index in [-0.39, 0.29) is 50.1 Å². The Balaban J connectivity index is 1.36. The largest absolute Gasteiger partial charge is 0.492 e. The molecule has 3 heterocycles. The summed E-state index contributed by atoms with van der Waals surface area (Å²) in [6.07, 6.45) is 8.01. The number of aryl methyl sites for hydroxylation is 1. The first-order valence-electron chi connectivity index (χ1n) is 17.3. The number of hydrogen-bond acceptors (Lipinski definition) is 9. The zero-order chi connectivity index (χ0) is 36.0. The lowest BCUT2D eigenvalue weighted by atomic mass is 10.0. The molecule has 0 unspecified atom stereocenters. The molecule has 5 rings (SSSR count). The van der Waals surface area contributed by atoms with Gasteiger partial charge in [0.15, 0.2) is 0 Å². The number of aromatic nitrogens is 5. The predicted molar refractivity (Wildman–Crippen MR) is 188 cm³/mol. The summed E-state index contributed by atoms with van der Waals surface area (Å²) in [6.45, 7) is 5.20. The molecule has 0 aliphatic carbocycles. The van der Waals surface area contributed by atoms with Gasteiger partial charge in [-0.3, -0.25) is 29.1 Å². The molecule has 3 N–H and O–H groups in total. The maximum absolute atomic E-state index is 13.7. The van der Waals surface area contributed by atoms with Crippen LogP contribution in [0.4, 0.5) is 0 Å². The molecule has 4 aromatic rings. The molecule has 1 aliphatic heterocycles. The van der Waals surface area contributed by atoms with E-state index in [1.165, 1.54) is 0 Å². The summed E-state index contributed by atoms with van der Waals surface area (Å²) in [5, 5.41) is 17.2. The highest BCUT2D eigenvalue weighted by atomic mass is 16.5. The zero-order valence-corrected chi connectivity index (χ0v) is 29.0. The van der Waals surface area contributed by atoms with E-state index in [1.807, 2.05) is 68.6 Å². The molecule has 2 atom stereocenters. The molecule has 1 aliphatic rings. The Hall–Kier alpha value is -5.66. The van der Waals surface area contributed by atoms with Crippen molar-refractivity contribution in [1.82, 2.24) is 45.8 Å². The van der Waals surface area contributed by atoms with Crippen LogP contribution in [0.5, 0.6) is 5.75 Å². The molecule has 0 spiro atoms. The lowest BCUT2D eigenvalue weighted by Crippen LogP contribution is -2.56. The van der Waals surface area contributed by atoms with Gasteiger partial charge in [-0.1, -0.05) is 61.5 Å². The van der Waals surface area contributed by atoms with Crippen LogP contribution >= 0.6 is 0 Å². The van der Waals surface area contributed by atoms with Crippen molar-refractivity contribution in [3.8, 4) is 5.75 Å². The molecule has 0 saturated carbocycles. The fourth-order valence-electron chi connectivity index (χ4n) is 5.73. The third-order valence-electron chi connectivity index (χ3n) is 8.50. The van der Waals surface area contributed by atoms with E-state index in [2.05, 4.69) is 36.2 Å². The molecule has 51 heavy (non-hydrogen) atoms.